The third-order valence-electron chi connectivity index (χ3n) is 9.66. The molecule has 1 heterocycles. The minimum absolute atomic E-state index is 0.866. The summed E-state index contributed by atoms with van der Waals surface area (Å²) in [7, 11) is 0. The molecular formula is C44H26N2. The van der Waals surface area contributed by atoms with Crippen molar-refractivity contribution in [1.82, 2.24) is 9.97 Å². The van der Waals surface area contributed by atoms with Crippen LogP contribution in [-0.4, -0.2) is 9.97 Å². The average molecular weight is 583 g/mol. The van der Waals surface area contributed by atoms with Gasteiger partial charge in [0.15, 0.2) is 0 Å². The Hall–Kier alpha value is -6.12. The number of nitrogens with zero attached hydrogens (tertiary/aromatic N) is 2. The Bertz CT molecular complexity index is 2760. The lowest BCUT2D eigenvalue weighted by molar-refractivity contribution is 1.21. The second-order valence-electron chi connectivity index (χ2n) is 12.2. The highest BCUT2D eigenvalue weighted by molar-refractivity contribution is 6.37. The van der Waals surface area contributed by atoms with Crippen LogP contribution in [0.4, 0.5) is 0 Å². The normalized spacial score (nSPS) is 11.9. The van der Waals surface area contributed by atoms with Crippen LogP contribution in [0.3, 0.4) is 0 Å². The lowest BCUT2D eigenvalue weighted by atomic mass is 9.86. The molecule has 0 aliphatic heterocycles. The molecule has 212 valence electrons. The van der Waals surface area contributed by atoms with Crippen LogP contribution in [-0.2, 0) is 0 Å². The highest BCUT2D eigenvalue weighted by Gasteiger charge is 2.16. The second kappa shape index (κ2) is 9.69. The number of hydrogen-bond donors (Lipinski definition) is 0. The topological polar surface area (TPSA) is 25.8 Å². The standard InChI is InChI=1S/C44H26N2/c1-2-7-28(8-3-1)39-25-46-40(26-45-39)29-17-15-27(16-18-29)34-23-33-22-21-32-10-5-13-36-35-12-4-9-30-19-20-31-11-6-14-37(43(31)41(30)35)38(24-34)44(33)42(32)36/h1-26H. The molecule has 0 saturated heterocycles. The van der Waals surface area contributed by atoms with Gasteiger partial charge >= 0.3 is 0 Å². The molecule has 46 heavy (non-hydrogen) atoms. The summed E-state index contributed by atoms with van der Waals surface area (Å²) < 4.78 is 0. The third kappa shape index (κ3) is 3.71. The van der Waals surface area contributed by atoms with Gasteiger partial charge in [-0.05, 0) is 87.9 Å². The highest BCUT2D eigenvalue weighted by atomic mass is 14.8. The van der Waals surface area contributed by atoms with E-state index < -0.39 is 0 Å². The molecule has 2 heteroatoms. The van der Waals surface area contributed by atoms with E-state index in [4.69, 9.17) is 9.97 Å². The molecule has 0 aliphatic carbocycles. The Morgan fingerprint density at radius 1 is 0.283 bits per heavy atom. The fraction of sp³-hybridized carbons (Fsp3) is 0. The van der Waals surface area contributed by atoms with Gasteiger partial charge in [0.05, 0.1) is 23.8 Å². The zero-order chi connectivity index (χ0) is 30.2. The molecule has 0 unspecified atom stereocenters. The van der Waals surface area contributed by atoms with Crippen molar-refractivity contribution in [3.05, 3.63) is 158 Å². The predicted octanol–water partition coefficient (Wildman–Crippen LogP) is 11.8. The van der Waals surface area contributed by atoms with E-state index in [1.807, 2.05) is 30.6 Å². The number of fused-ring (bicyclic) bond motifs is 2. The molecule has 0 fully saturated rings. The van der Waals surface area contributed by atoms with Gasteiger partial charge in [-0.2, -0.15) is 0 Å². The van der Waals surface area contributed by atoms with Crippen LogP contribution in [0, 0.1) is 0 Å². The Kier molecular flexibility index (Phi) is 5.31. The Labute approximate surface area is 265 Å². The smallest absolute Gasteiger partial charge is 0.0885 e. The minimum Gasteiger partial charge on any atom is -0.252 e. The monoisotopic (exact) mass is 582 g/mol. The number of aromatic nitrogens is 2. The van der Waals surface area contributed by atoms with Crippen LogP contribution in [0.5, 0.6) is 0 Å². The van der Waals surface area contributed by atoms with E-state index in [-0.39, 0.29) is 0 Å². The van der Waals surface area contributed by atoms with E-state index in [0.717, 1.165) is 22.5 Å². The van der Waals surface area contributed by atoms with Crippen molar-refractivity contribution in [2.75, 3.05) is 0 Å². The Morgan fingerprint density at radius 2 is 0.739 bits per heavy atom. The molecule has 0 saturated carbocycles. The van der Waals surface area contributed by atoms with E-state index in [2.05, 4.69) is 127 Å². The summed E-state index contributed by atoms with van der Waals surface area (Å²) in [5, 5.41) is 15.5. The molecule has 0 spiro atoms. The maximum atomic E-state index is 4.75. The molecule has 10 rings (SSSR count). The maximum absolute atomic E-state index is 4.75. The van der Waals surface area contributed by atoms with E-state index in [9.17, 15) is 0 Å². The zero-order valence-electron chi connectivity index (χ0n) is 24.9. The fourth-order valence-corrected chi connectivity index (χ4v) is 7.52. The first-order valence-corrected chi connectivity index (χ1v) is 15.7. The van der Waals surface area contributed by atoms with Crippen molar-refractivity contribution in [1.29, 1.82) is 0 Å². The Balaban J connectivity index is 1.21. The number of hydrogen-bond acceptors (Lipinski definition) is 2. The average Bonchev–Trinajstić information content (AvgIpc) is 3.13. The largest absolute Gasteiger partial charge is 0.252 e. The lowest BCUT2D eigenvalue weighted by Gasteiger charge is -2.17. The van der Waals surface area contributed by atoms with Gasteiger partial charge in [-0.15, -0.1) is 0 Å². The van der Waals surface area contributed by atoms with Crippen molar-refractivity contribution in [2.45, 2.75) is 0 Å². The summed E-state index contributed by atoms with van der Waals surface area (Å²) in [4.78, 5) is 9.44. The first kappa shape index (κ1) is 25.2. The van der Waals surface area contributed by atoms with Crippen LogP contribution in [0.25, 0.3) is 98.3 Å². The maximum Gasteiger partial charge on any atom is 0.0885 e. The number of benzene rings is 8. The summed E-state index contributed by atoms with van der Waals surface area (Å²) in [6.07, 6.45) is 3.72. The predicted molar refractivity (Wildman–Crippen MR) is 195 cm³/mol. The van der Waals surface area contributed by atoms with E-state index in [1.54, 1.807) is 0 Å². The van der Waals surface area contributed by atoms with Gasteiger partial charge in [0, 0.05) is 11.1 Å². The van der Waals surface area contributed by atoms with Gasteiger partial charge in [0.2, 0.25) is 0 Å². The van der Waals surface area contributed by atoms with Crippen LogP contribution < -0.4 is 0 Å². The van der Waals surface area contributed by atoms with Crippen molar-refractivity contribution in [3.8, 4) is 33.6 Å². The summed E-state index contributed by atoms with van der Waals surface area (Å²) in [6.45, 7) is 0. The quantitative estimate of drug-likeness (QED) is 0.194. The van der Waals surface area contributed by atoms with Crippen molar-refractivity contribution < 1.29 is 0 Å². The summed E-state index contributed by atoms with van der Waals surface area (Å²) in [5.41, 5.74) is 6.24. The third-order valence-corrected chi connectivity index (χ3v) is 9.66. The van der Waals surface area contributed by atoms with Crippen molar-refractivity contribution in [3.63, 3.8) is 0 Å². The van der Waals surface area contributed by atoms with Crippen molar-refractivity contribution in [2.24, 2.45) is 0 Å². The van der Waals surface area contributed by atoms with Crippen LogP contribution in [0.2, 0.25) is 0 Å². The summed E-state index contributed by atoms with van der Waals surface area (Å²) in [5.74, 6) is 0. The molecule has 0 atom stereocenters. The summed E-state index contributed by atoms with van der Waals surface area (Å²) in [6, 6.07) is 53.0. The van der Waals surface area contributed by atoms with Gasteiger partial charge in [0.25, 0.3) is 0 Å². The van der Waals surface area contributed by atoms with Gasteiger partial charge in [-0.1, -0.05) is 133 Å². The summed E-state index contributed by atoms with van der Waals surface area (Å²) >= 11 is 0. The van der Waals surface area contributed by atoms with E-state index >= 15 is 0 Å². The van der Waals surface area contributed by atoms with Gasteiger partial charge in [-0.3, -0.25) is 9.97 Å². The molecule has 10 aromatic rings. The molecule has 0 aliphatic rings. The fourth-order valence-electron chi connectivity index (χ4n) is 7.52. The molecule has 1 aromatic heterocycles. The molecule has 2 nitrogen and oxygen atoms in total. The first-order valence-electron chi connectivity index (χ1n) is 15.7. The number of rotatable bonds is 3. The molecular weight excluding hydrogens is 556 g/mol. The Morgan fingerprint density at radius 3 is 1.28 bits per heavy atom. The van der Waals surface area contributed by atoms with Gasteiger partial charge in [0.1, 0.15) is 0 Å². The molecule has 0 radical (unpaired) electrons. The molecule has 0 amide bonds. The van der Waals surface area contributed by atoms with E-state index in [0.29, 0.717) is 0 Å². The second-order valence-corrected chi connectivity index (χ2v) is 12.2. The van der Waals surface area contributed by atoms with Crippen molar-refractivity contribution >= 4 is 64.6 Å². The van der Waals surface area contributed by atoms with Gasteiger partial charge < -0.3 is 0 Å². The van der Waals surface area contributed by atoms with Crippen LogP contribution >= 0.6 is 0 Å². The van der Waals surface area contributed by atoms with E-state index in [1.165, 1.54) is 75.8 Å². The zero-order valence-corrected chi connectivity index (χ0v) is 24.9. The molecule has 0 bridgehead atoms. The lowest BCUT2D eigenvalue weighted by Crippen LogP contribution is -1.90. The van der Waals surface area contributed by atoms with Gasteiger partial charge in [-0.25, -0.2) is 0 Å². The SMILES string of the molecule is c1ccc(-c2cnc(-c3ccc(-c4cc5ccc6cccc7c8cccc9ccc%10cccc(c(c4)c5c67)c%10c98)cc3)cn2)cc1. The first-order chi connectivity index (χ1) is 22.8. The van der Waals surface area contributed by atoms with Crippen LogP contribution in [0.1, 0.15) is 0 Å². The van der Waals surface area contributed by atoms with Crippen LogP contribution in [0.15, 0.2) is 158 Å². The minimum atomic E-state index is 0.866. The molecule has 9 aromatic carbocycles. The molecule has 0 N–H and O–H groups in total. The highest BCUT2D eigenvalue weighted by Crippen LogP contribution is 2.44.